The van der Waals surface area contributed by atoms with Crippen molar-refractivity contribution in [3.63, 3.8) is 0 Å². The average Bonchev–Trinajstić information content (AvgIpc) is 2.77. The van der Waals surface area contributed by atoms with Gasteiger partial charge in [-0.05, 0) is 39.3 Å². The molecule has 0 saturated carbocycles. The molecule has 1 unspecified atom stereocenters. The van der Waals surface area contributed by atoms with Crippen LogP contribution in [0.2, 0.25) is 0 Å². The topological polar surface area (TPSA) is 94.4 Å². The molecule has 0 radical (unpaired) electrons. The molecule has 2 aromatic carbocycles. The molecule has 0 saturated heterocycles. The Balaban J connectivity index is 1.98. The van der Waals surface area contributed by atoms with Gasteiger partial charge in [0.15, 0.2) is 0 Å². The molecule has 4 rings (SSSR count). The Labute approximate surface area is 191 Å². The summed E-state index contributed by atoms with van der Waals surface area (Å²) in [5, 5.41) is 16.0. The molecule has 1 aliphatic heterocycles. The number of ether oxygens (including phenoxy) is 1. The van der Waals surface area contributed by atoms with Crippen molar-refractivity contribution in [3.8, 4) is 11.3 Å². The lowest BCUT2D eigenvalue weighted by Crippen LogP contribution is -2.32. The third-order valence-electron chi connectivity index (χ3n) is 5.62. The van der Waals surface area contributed by atoms with E-state index in [1.807, 2.05) is 54.6 Å². The molecule has 0 aliphatic carbocycles. The van der Waals surface area contributed by atoms with Gasteiger partial charge in [0.05, 0.1) is 33.5 Å². The number of benzene rings is 2. The van der Waals surface area contributed by atoms with Crippen LogP contribution in [-0.2, 0) is 9.53 Å². The second kappa shape index (κ2) is 8.86. The quantitative estimate of drug-likeness (QED) is 0.326. The number of nitrogens with one attached hydrogen (secondary N) is 1. The van der Waals surface area contributed by atoms with Gasteiger partial charge in [-0.3, -0.25) is 10.1 Å². The van der Waals surface area contributed by atoms with Gasteiger partial charge < -0.3 is 10.1 Å². The number of fused-ring (bicyclic) bond motifs is 1. The van der Waals surface area contributed by atoms with Gasteiger partial charge in [-0.15, -0.1) is 0 Å². The lowest BCUT2D eigenvalue weighted by atomic mass is 9.83. The van der Waals surface area contributed by atoms with Gasteiger partial charge in [0.25, 0.3) is 5.70 Å². The van der Waals surface area contributed by atoms with Crippen LogP contribution in [0, 0.1) is 10.1 Å². The van der Waals surface area contributed by atoms with Gasteiger partial charge in [0, 0.05) is 16.6 Å². The van der Waals surface area contributed by atoms with Crippen molar-refractivity contribution >= 4 is 16.9 Å². The Morgan fingerprint density at radius 2 is 1.76 bits per heavy atom. The summed E-state index contributed by atoms with van der Waals surface area (Å²) < 4.78 is 5.48. The smallest absolute Gasteiger partial charge is 0.337 e. The van der Waals surface area contributed by atoms with Crippen LogP contribution >= 0.6 is 0 Å². The van der Waals surface area contributed by atoms with Crippen molar-refractivity contribution < 1.29 is 14.5 Å². The first-order chi connectivity index (χ1) is 15.8. The van der Waals surface area contributed by atoms with Crippen molar-refractivity contribution in [2.45, 2.75) is 39.7 Å². The SMILES string of the molecule is CC1=C(C(=O)OC(C)C)C(c2cccc3ccc(-c4ccccc4)nc23)C([N+](=O)[O-])=C(C)N1. The number of nitro groups is 1. The zero-order chi connectivity index (χ0) is 23.7. The molecule has 33 heavy (non-hydrogen) atoms. The summed E-state index contributed by atoms with van der Waals surface area (Å²) >= 11 is 0. The standard InChI is InChI=1S/C26H25N3O4/c1-15(2)33-26(30)22-16(3)27-17(4)25(29(31)32)23(22)20-12-8-11-19-13-14-21(28-24(19)20)18-9-6-5-7-10-18/h5-15,23,27H,1-4H3. The highest BCUT2D eigenvalue weighted by Crippen LogP contribution is 2.41. The van der Waals surface area contributed by atoms with E-state index in [1.54, 1.807) is 33.8 Å². The molecule has 1 N–H and O–H groups in total. The highest BCUT2D eigenvalue weighted by molar-refractivity contribution is 5.95. The van der Waals surface area contributed by atoms with Crippen LogP contribution in [0.5, 0.6) is 0 Å². The normalized spacial score (nSPS) is 16.2. The highest BCUT2D eigenvalue weighted by Gasteiger charge is 2.42. The minimum absolute atomic E-state index is 0.0873. The van der Waals surface area contributed by atoms with Gasteiger partial charge in [0.1, 0.15) is 5.92 Å². The van der Waals surface area contributed by atoms with E-state index >= 15 is 0 Å². The first kappa shape index (κ1) is 22.2. The molecule has 3 aromatic rings. The predicted molar refractivity (Wildman–Crippen MR) is 127 cm³/mol. The Hall–Kier alpha value is -4.00. The number of carbonyl (C=O) groups is 1. The molecule has 1 aliphatic rings. The van der Waals surface area contributed by atoms with Crippen molar-refractivity contribution in [3.05, 3.63) is 99.0 Å². The van der Waals surface area contributed by atoms with Crippen molar-refractivity contribution in [1.82, 2.24) is 10.3 Å². The fourth-order valence-corrected chi connectivity index (χ4v) is 4.25. The van der Waals surface area contributed by atoms with Crippen LogP contribution in [0.15, 0.2) is 83.3 Å². The third kappa shape index (κ3) is 4.22. The Morgan fingerprint density at radius 1 is 1.03 bits per heavy atom. The average molecular weight is 444 g/mol. The number of carbonyl (C=O) groups excluding carboxylic acids is 1. The summed E-state index contributed by atoms with van der Waals surface area (Å²) in [7, 11) is 0. The molecule has 7 heteroatoms. The van der Waals surface area contributed by atoms with E-state index in [0.717, 1.165) is 16.6 Å². The highest BCUT2D eigenvalue weighted by atomic mass is 16.6. The molecular formula is C26H25N3O4. The number of pyridine rings is 1. The maximum absolute atomic E-state index is 13.1. The Bertz CT molecular complexity index is 1310. The molecule has 0 fully saturated rings. The lowest BCUT2D eigenvalue weighted by molar-refractivity contribution is -0.431. The van der Waals surface area contributed by atoms with E-state index in [0.29, 0.717) is 22.5 Å². The van der Waals surface area contributed by atoms with E-state index in [2.05, 4.69) is 5.32 Å². The van der Waals surface area contributed by atoms with Gasteiger partial charge in [-0.25, -0.2) is 9.78 Å². The van der Waals surface area contributed by atoms with E-state index in [4.69, 9.17) is 9.72 Å². The van der Waals surface area contributed by atoms with Crippen LogP contribution < -0.4 is 5.32 Å². The van der Waals surface area contributed by atoms with Crippen molar-refractivity contribution in [2.75, 3.05) is 0 Å². The largest absolute Gasteiger partial charge is 0.460 e. The van der Waals surface area contributed by atoms with Gasteiger partial charge >= 0.3 is 5.97 Å². The number of hydrogen-bond acceptors (Lipinski definition) is 6. The van der Waals surface area contributed by atoms with E-state index in [1.165, 1.54) is 0 Å². The van der Waals surface area contributed by atoms with E-state index < -0.39 is 16.8 Å². The number of hydrogen-bond donors (Lipinski definition) is 1. The molecule has 0 spiro atoms. The predicted octanol–water partition coefficient (Wildman–Crippen LogP) is 5.32. The first-order valence-corrected chi connectivity index (χ1v) is 10.8. The zero-order valence-corrected chi connectivity index (χ0v) is 19.0. The van der Waals surface area contributed by atoms with E-state index in [9.17, 15) is 14.9 Å². The van der Waals surface area contributed by atoms with E-state index in [-0.39, 0.29) is 17.4 Å². The van der Waals surface area contributed by atoms with Crippen LogP contribution in [-0.4, -0.2) is 22.0 Å². The number of para-hydroxylation sites is 1. The molecular weight excluding hydrogens is 418 g/mol. The summed E-state index contributed by atoms with van der Waals surface area (Å²) in [6.07, 6.45) is -0.361. The molecule has 7 nitrogen and oxygen atoms in total. The molecule has 1 atom stereocenters. The van der Waals surface area contributed by atoms with Crippen molar-refractivity contribution in [1.29, 1.82) is 0 Å². The molecule has 0 bridgehead atoms. The number of nitrogens with zero attached hydrogens (tertiary/aromatic N) is 2. The fourth-order valence-electron chi connectivity index (χ4n) is 4.25. The minimum Gasteiger partial charge on any atom is -0.460 e. The first-order valence-electron chi connectivity index (χ1n) is 10.8. The molecule has 168 valence electrons. The monoisotopic (exact) mass is 443 g/mol. The minimum atomic E-state index is -0.922. The van der Waals surface area contributed by atoms with Crippen molar-refractivity contribution in [2.24, 2.45) is 0 Å². The summed E-state index contributed by atoms with van der Waals surface area (Å²) in [6.45, 7) is 6.88. The fraction of sp³-hybridized carbons (Fsp3) is 0.231. The second-order valence-corrected chi connectivity index (χ2v) is 8.30. The zero-order valence-electron chi connectivity index (χ0n) is 19.0. The number of allylic oxidation sites excluding steroid dienone is 3. The van der Waals surface area contributed by atoms with Gasteiger partial charge in [-0.1, -0.05) is 54.6 Å². The lowest BCUT2D eigenvalue weighted by Gasteiger charge is -2.27. The van der Waals surface area contributed by atoms with Crippen LogP contribution in [0.4, 0.5) is 0 Å². The Morgan fingerprint density at radius 3 is 2.42 bits per heavy atom. The maximum atomic E-state index is 13.1. The molecule has 1 aromatic heterocycles. The van der Waals surface area contributed by atoms with Crippen LogP contribution in [0.25, 0.3) is 22.2 Å². The van der Waals surface area contributed by atoms with Gasteiger partial charge in [0.2, 0.25) is 0 Å². The Kier molecular flexibility index (Phi) is 5.96. The molecule has 0 amide bonds. The van der Waals surface area contributed by atoms with Gasteiger partial charge in [-0.2, -0.15) is 0 Å². The summed E-state index contributed by atoms with van der Waals surface area (Å²) in [4.78, 5) is 29.7. The van der Waals surface area contributed by atoms with Crippen LogP contribution in [0.3, 0.4) is 0 Å². The summed E-state index contributed by atoms with van der Waals surface area (Å²) in [6, 6.07) is 19.1. The van der Waals surface area contributed by atoms with Crippen LogP contribution in [0.1, 0.15) is 39.2 Å². The number of esters is 1. The third-order valence-corrected chi connectivity index (χ3v) is 5.62. The second-order valence-electron chi connectivity index (χ2n) is 8.30. The summed E-state index contributed by atoms with van der Waals surface area (Å²) in [5.41, 5.74) is 3.95. The summed E-state index contributed by atoms with van der Waals surface area (Å²) in [5.74, 6) is -1.50. The molecule has 2 heterocycles. The number of dihydropyridines is 1. The number of rotatable bonds is 5. The number of aromatic nitrogens is 1. The maximum Gasteiger partial charge on any atom is 0.337 e.